The van der Waals surface area contributed by atoms with Crippen LogP contribution in [0.25, 0.3) is 10.9 Å². The lowest BCUT2D eigenvalue weighted by Gasteiger charge is -2.04. The molecule has 0 aliphatic heterocycles. The maximum atomic E-state index is 10.4. The fourth-order valence-electron chi connectivity index (χ4n) is 1.69. The molecule has 4 heteroatoms. The van der Waals surface area contributed by atoms with E-state index in [1.165, 1.54) is 0 Å². The van der Waals surface area contributed by atoms with Crippen molar-refractivity contribution < 1.29 is 14.6 Å². The molecule has 0 fully saturated rings. The molecule has 84 valence electrons. The molecule has 4 nitrogen and oxygen atoms in total. The molecule has 0 aliphatic rings. The molecular formula is C12H13NO3. The molecule has 0 spiro atoms. The number of rotatable bonds is 4. The first kappa shape index (κ1) is 10.5. The first-order chi connectivity index (χ1) is 7.70. The molecule has 0 bridgehead atoms. The first-order valence-corrected chi connectivity index (χ1v) is 5.14. The average Bonchev–Trinajstić information content (AvgIpc) is 2.68. The van der Waals surface area contributed by atoms with Gasteiger partial charge in [0.25, 0.3) is 0 Å². The van der Waals surface area contributed by atoms with Crippen molar-refractivity contribution in [2.75, 3.05) is 6.61 Å². The highest BCUT2D eigenvalue weighted by Crippen LogP contribution is 2.21. The predicted octanol–water partition coefficient (Wildman–Crippen LogP) is 2.12. The molecule has 0 saturated heterocycles. The van der Waals surface area contributed by atoms with Crippen LogP contribution in [0, 0.1) is 0 Å². The van der Waals surface area contributed by atoms with Crippen molar-refractivity contribution in [3.8, 4) is 5.75 Å². The second kappa shape index (κ2) is 4.26. The number of carboxylic acid groups (broad SMARTS) is 1. The van der Waals surface area contributed by atoms with E-state index in [0.717, 1.165) is 17.4 Å². The molecule has 2 rings (SSSR count). The van der Waals surface area contributed by atoms with Crippen molar-refractivity contribution >= 4 is 16.9 Å². The Balaban J connectivity index is 2.27. The molecule has 0 atom stereocenters. The summed E-state index contributed by atoms with van der Waals surface area (Å²) in [7, 11) is 0. The lowest BCUT2D eigenvalue weighted by molar-refractivity contribution is -0.139. The van der Waals surface area contributed by atoms with Crippen molar-refractivity contribution in [1.29, 1.82) is 0 Å². The van der Waals surface area contributed by atoms with E-state index in [-0.39, 0.29) is 6.61 Å². The van der Waals surface area contributed by atoms with Gasteiger partial charge in [0.1, 0.15) is 5.75 Å². The van der Waals surface area contributed by atoms with Crippen LogP contribution in [0.3, 0.4) is 0 Å². The topological polar surface area (TPSA) is 51.5 Å². The Morgan fingerprint density at radius 1 is 1.44 bits per heavy atom. The second-order valence-corrected chi connectivity index (χ2v) is 3.50. The van der Waals surface area contributed by atoms with Gasteiger partial charge >= 0.3 is 5.97 Å². The van der Waals surface area contributed by atoms with Gasteiger partial charge in [0.05, 0.1) is 0 Å². The molecular weight excluding hydrogens is 206 g/mol. The van der Waals surface area contributed by atoms with Gasteiger partial charge in [-0.05, 0) is 31.2 Å². The van der Waals surface area contributed by atoms with Crippen LogP contribution < -0.4 is 4.74 Å². The Kier molecular flexibility index (Phi) is 2.81. The third-order valence-electron chi connectivity index (χ3n) is 2.45. The summed E-state index contributed by atoms with van der Waals surface area (Å²) in [6.07, 6.45) is 2.01. The maximum absolute atomic E-state index is 10.4. The minimum Gasteiger partial charge on any atom is -0.482 e. The van der Waals surface area contributed by atoms with Crippen molar-refractivity contribution in [2.45, 2.75) is 13.5 Å². The molecule has 16 heavy (non-hydrogen) atoms. The van der Waals surface area contributed by atoms with Gasteiger partial charge in [-0.25, -0.2) is 4.79 Å². The van der Waals surface area contributed by atoms with Crippen LogP contribution in [-0.2, 0) is 11.3 Å². The van der Waals surface area contributed by atoms with Crippen LogP contribution in [0.2, 0.25) is 0 Å². The zero-order valence-electron chi connectivity index (χ0n) is 9.01. The summed E-state index contributed by atoms with van der Waals surface area (Å²) in [6.45, 7) is 2.69. The zero-order valence-corrected chi connectivity index (χ0v) is 9.01. The maximum Gasteiger partial charge on any atom is 0.341 e. The molecule has 1 aromatic heterocycles. The number of carbonyl (C=O) groups is 1. The molecule has 0 aliphatic carbocycles. The highest BCUT2D eigenvalue weighted by Gasteiger charge is 2.03. The number of aromatic nitrogens is 1. The molecule has 0 saturated carbocycles. The zero-order chi connectivity index (χ0) is 11.5. The summed E-state index contributed by atoms with van der Waals surface area (Å²) in [5.74, 6) is -0.380. The third-order valence-corrected chi connectivity index (χ3v) is 2.45. The van der Waals surface area contributed by atoms with Crippen LogP contribution in [-0.4, -0.2) is 22.2 Å². The molecule has 1 heterocycles. The van der Waals surface area contributed by atoms with Crippen molar-refractivity contribution in [2.24, 2.45) is 0 Å². The average molecular weight is 219 g/mol. The first-order valence-electron chi connectivity index (χ1n) is 5.14. The van der Waals surface area contributed by atoms with E-state index in [1.54, 1.807) is 6.07 Å². The van der Waals surface area contributed by atoms with Crippen LogP contribution in [0.15, 0.2) is 30.5 Å². The minimum absolute atomic E-state index is 0.306. The normalized spacial score (nSPS) is 10.6. The van der Waals surface area contributed by atoms with Crippen LogP contribution >= 0.6 is 0 Å². The number of aryl methyl sites for hydroxylation is 1. The van der Waals surface area contributed by atoms with Gasteiger partial charge in [0.15, 0.2) is 6.61 Å². The number of nitrogens with zero attached hydrogens (tertiary/aromatic N) is 1. The van der Waals surface area contributed by atoms with Gasteiger partial charge in [-0.1, -0.05) is 0 Å². The van der Waals surface area contributed by atoms with Gasteiger partial charge in [-0.2, -0.15) is 0 Å². The molecule has 0 amide bonds. The molecule has 1 N–H and O–H groups in total. The largest absolute Gasteiger partial charge is 0.482 e. The minimum atomic E-state index is -0.966. The highest BCUT2D eigenvalue weighted by molar-refractivity contribution is 5.81. The van der Waals surface area contributed by atoms with E-state index < -0.39 is 5.97 Å². The molecule has 1 aromatic carbocycles. The summed E-state index contributed by atoms with van der Waals surface area (Å²) in [5, 5.41) is 9.56. The highest BCUT2D eigenvalue weighted by atomic mass is 16.5. The van der Waals surface area contributed by atoms with E-state index in [4.69, 9.17) is 9.84 Å². The number of benzene rings is 1. The fourth-order valence-corrected chi connectivity index (χ4v) is 1.69. The molecule has 2 aromatic rings. The number of fused-ring (bicyclic) bond motifs is 1. The summed E-state index contributed by atoms with van der Waals surface area (Å²) >= 11 is 0. The smallest absolute Gasteiger partial charge is 0.341 e. The Labute approximate surface area is 93.1 Å². The monoisotopic (exact) mass is 219 g/mol. The Bertz CT molecular complexity index is 516. The van der Waals surface area contributed by atoms with Crippen molar-refractivity contribution in [3.63, 3.8) is 0 Å². The number of hydrogen-bond acceptors (Lipinski definition) is 2. The molecule has 0 radical (unpaired) electrons. The van der Waals surface area contributed by atoms with E-state index in [1.807, 2.05) is 24.4 Å². The Hall–Kier alpha value is -1.97. The van der Waals surface area contributed by atoms with Gasteiger partial charge in [0, 0.05) is 23.6 Å². The number of hydrogen-bond donors (Lipinski definition) is 1. The van der Waals surface area contributed by atoms with Crippen LogP contribution in [0.4, 0.5) is 0 Å². The number of ether oxygens (including phenoxy) is 1. The molecule has 0 unspecified atom stereocenters. The van der Waals surface area contributed by atoms with Crippen molar-refractivity contribution in [3.05, 3.63) is 30.5 Å². The number of aliphatic carboxylic acids is 1. The summed E-state index contributed by atoms with van der Waals surface area (Å²) in [5.41, 5.74) is 1.13. The standard InChI is InChI=1S/C12H13NO3/c1-2-13-6-5-9-7-10(3-4-11(9)13)16-8-12(14)15/h3-7H,2,8H2,1H3,(H,14,15). The SMILES string of the molecule is CCn1ccc2cc(OCC(=O)O)ccc21. The van der Waals surface area contributed by atoms with E-state index in [2.05, 4.69) is 11.5 Å². The summed E-state index contributed by atoms with van der Waals surface area (Å²) in [6, 6.07) is 7.57. The van der Waals surface area contributed by atoms with Gasteiger partial charge in [0.2, 0.25) is 0 Å². The predicted molar refractivity (Wildman–Crippen MR) is 60.7 cm³/mol. The van der Waals surface area contributed by atoms with E-state index in [9.17, 15) is 4.79 Å². The Morgan fingerprint density at radius 2 is 2.25 bits per heavy atom. The van der Waals surface area contributed by atoms with Crippen LogP contribution in [0.1, 0.15) is 6.92 Å². The van der Waals surface area contributed by atoms with Crippen LogP contribution in [0.5, 0.6) is 5.75 Å². The quantitative estimate of drug-likeness (QED) is 0.856. The summed E-state index contributed by atoms with van der Waals surface area (Å²) < 4.78 is 7.23. The summed E-state index contributed by atoms with van der Waals surface area (Å²) in [4.78, 5) is 10.4. The van der Waals surface area contributed by atoms with Gasteiger partial charge in [-0.3, -0.25) is 0 Å². The third kappa shape index (κ3) is 2.00. The number of carboxylic acids is 1. The van der Waals surface area contributed by atoms with E-state index in [0.29, 0.717) is 5.75 Å². The fraction of sp³-hybridized carbons (Fsp3) is 0.250. The lowest BCUT2D eigenvalue weighted by Crippen LogP contribution is -2.09. The van der Waals surface area contributed by atoms with E-state index >= 15 is 0 Å². The van der Waals surface area contributed by atoms with Crippen molar-refractivity contribution in [1.82, 2.24) is 4.57 Å². The van der Waals surface area contributed by atoms with Gasteiger partial charge < -0.3 is 14.4 Å². The lowest BCUT2D eigenvalue weighted by atomic mass is 10.2. The van der Waals surface area contributed by atoms with Gasteiger partial charge in [-0.15, -0.1) is 0 Å². The second-order valence-electron chi connectivity index (χ2n) is 3.50. The Morgan fingerprint density at radius 3 is 2.94 bits per heavy atom.